The highest BCUT2D eigenvalue weighted by Crippen LogP contribution is 3.00. The van der Waals surface area contributed by atoms with Gasteiger partial charge in [0, 0.05) is 0 Å². The van der Waals surface area contributed by atoms with Gasteiger partial charge < -0.3 is 0 Å². The largest absolute Gasteiger partial charge is 0.0496 e. The second kappa shape index (κ2) is 9.06. The molecule has 6 bridgehead atoms. The molecule has 0 N–H and O–H groups in total. The van der Waals surface area contributed by atoms with Gasteiger partial charge in [-0.1, -0.05) is 0 Å². The van der Waals surface area contributed by atoms with Gasteiger partial charge in [-0.15, -0.1) is 0 Å². The predicted molar refractivity (Wildman–Crippen MR) is 263 cm³/mol. The van der Waals surface area contributed by atoms with E-state index in [0.29, 0.717) is 0 Å². The van der Waals surface area contributed by atoms with E-state index in [4.69, 9.17) is 0 Å². The summed E-state index contributed by atoms with van der Waals surface area (Å²) in [6, 6.07) is 0. The van der Waals surface area contributed by atoms with E-state index in [9.17, 15) is 0 Å². The second-order valence-corrected chi connectivity index (χ2v) is 39.8. The van der Waals surface area contributed by atoms with E-state index in [1.165, 1.54) is 367 Å². The smallest absolute Gasteiger partial charge is 0.0312 e. The topological polar surface area (TPSA) is 0 Å². The van der Waals surface area contributed by atoms with Crippen molar-refractivity contribution in [2.75, 3.05) is 0 Å². The molecule has 0 radical (unpaired) electrons. The molecule has 0 spiro atoms. The summed E-state index contributed by atoms with van der Waals surface area (Å²) in [5.41, 5.74) is 0. The molecular formula is C72H82. The van der Waals surface area contributed by atoms with Gasteiger partial charge in [-0.3, -0.25) is 0 Å². The van der Waals surface area contributed by atoms with Crippen LogP contribution in [0.3, 0.4) is 0 Å². The molecule has 30 saturated carbocycles. The molecule has 72 heavy (non-hydrogen) atoms. The van der Waals surface area contributed by atoms with Crippen molar-refractivity contribution in [2.24, 2.45) is 367 Å². The maximum absolute atomic E-state index is 1.91. The van der Waals surface area contributed by atoms with Gasteiger partial charge >= 0.3 is 0 Å². The Kier molecular flexibility index (Phi) is 4.30. The standard InChI is InChI=1S/C72H82/c1-2-14-28-16-4-3-15-27-13(1)29-17-5-11-6-18-30(14)54-64-38(18)48-25(11)47-37(17)63-53(29)71-51(27)41-23-9-21-35-33-19-7-12-8-20-34-36-22-10-24-42(52(28)72(54)62(36)68(64)40(20)50(48)26(12)49(47)39(19)67(63)61(35)71)56-32(16)31(15)55(41)65-45(23)57-43(21)69-59(33)60(34)70(69)44(22)58(57)46(24)66(56)65/h11-72H,1-10H2. The average Bonchev–Trinajstić information content (AvgIpc) is 4.28. The lowest BCUT2D eigenvalue weighted by Gasteiger charge is -2.84. The van der Waals surface area contributed by atoms with Gasteiger partial charge in [0.25, 0.3) is 0 Å². The minimum Gasteiger partial charge on any atom is -0.0496 e. The van der Waals surface area contributed by atoms with Crippen molar-refractivity contribution in [3.8, 4) is 0 Å². The fourth-order valence-electron chi connectivity index (χ4n) is 49.2. The molecule has 0 heteroatoms. The monoisotopic (exact) mass is 947 g/mol. The third-order valence-corrected chi connectivity index (χ3v) is 44.2. The maximum atomic E-state index is 1.91. The normalized spacial score (nSPS) is 96.3. The van der Waals surface area contributed by atoms with Crippen LogP contribution in [0.1, 0.15) is 64.2 Å². The van der Waals surface area contributed by atoms with E-state index in [2.05, 4.69) is 0 Å². The van der Waals surface area contributed by atoms with Crippen molar-refractivity contribution in [3.63, 3.8) is 0 Å². The van der Waals surface area contributed by atoms with E-state index in [1.807, 2.05) is 64.2 Å². The Morgan fingerprint density at radius 3 is 0.528 bits per heavy atom. The first-order chi connectivity index (χ1) is 35.9. The molecule has 58 unspecified atom stereocenters. The number of rotatable bonds is 0. The summed E-state index contributed by atoms with van der Waals surface area (Å²) in [5, 5.41) is 0. The van der Waals surface area contributed by atoms with Crippen LogP contribution < -0.4 is 0 Å². The van der Waals surface area contributed by atoms with Gasteiger partial charge in [0.1, 0.15) is 0 Å². The van der Waals surface area contributed by atoms with Gasteiger partial charge in [0.2, 0.25) is 0 Å². The lowest BCUT2D eigenvalue weighted by atomic mass is 9.20. The summed E-state index contributed by atoms with van der Waals surface area (Å²) < 4.78 is 0. The third-order valence-electron chi connectivity index (χ3n) is 44.2. The van der Waals surface area contributed by atoms with Crippen LogP contribution in [0.4, 0.5) is 0 Å². The minimum atomic E-state index is 1.23. The van der Waals surface area contributed by atoms with Crippen molar-refractivity contribution >= 4 is 0 Å². The molecule has 0 aliphatic heterocycles. The van der Waals surface area contributed by atoms with Crippen LogP contribution >= 0.6 is 0 Å². The fraction of sp³-hybridized carbons (Fsp3) is 1.00. The first-order valence-corrected chi connectivity index (χ1v) is 35.9. The molecule has 0 nitrogen and oxygen atoms in total. The zero-order valence-electron chi connectivity index (χ0n) is 42.9. The second-order valence-electron chi connectivity index (χ2n) is 39.8. The van der Waals surface area contributed by atoms with Crippen LogP contribution in [-0.2, 0) is 0 Å². The van der Waals surface area contributed by atoms with E-state index in [1.54, 1.807) is 0 Å². The molecule has 0 aromatic heterocycles. The molecule has 30 aliphatic rings. The van der Waals surface area contributed by atoms with Crippen LogP contribution in [0.5, 0.6) is 0 Å². The number of hydrogen-bond acceptors (Lipinski definition) is 0. The molecule has 0 aromatic rings. The molecule has 30 fully saturated rings. The highest BCUT2D eigenvalue weighted by atomic mass is 15.0. The zero-order chi connectivity index (χ0) is 42.9. The van der Waals surface area contributed by atoms with Crippen molar-refractivity contribution in [1.82, 2.24) is 0 Å². The van der Waals surface area contributed by atoms with Crippen molar-refractivity contribution in [2.45, 2.75) is 64.2 Å². The Hall–Kier alpha value is 0. The van der Waals surface area contributed by atoms with Crippen molar-refractivity contribution < 1.29 is 0 Å². The third kappa shape index (κ3) is 2.38. The molecule has 0 heterocycles. The van der Waals surface area contributed by atoms with Crippen LogP contribution in [0, 0.1) is 367 Å². The summed E-state index contributed by atoms with van der Waals surface area (Å²) in [6.07, 6.45) is 18.7. The summed E-state index contributed by atoms with van der Waals surface area (Å²) in [4.78, 5) is 0. The molecule has 30 rings (SSSR count). The van der Waals surface area contributed by atoms with Gasteiger partial charge in [-0.05, 0) is 431 Å². The molecular weight excluding hydrogens is 865 g/mol. The molecule has 0 amide bonds. The summed E-state index contributed by atoms with van der Waals surface area (Å²) in [6.45, 7) is 0. The predicted octanol–water partition coefficient (Wildman–Crippen LogP) is 11.5. The van der Waals surface area contributed by atoms with Gasteiger partial charge in [0.15, 0.2) is 0 Å². The lowest BCUT2D eigenvalue weighted by Crippen LogP contribution is -2.81. The highest BCUT2D eigenvalue weighted by molar-refractivity contribution is 5.43. The van der Waals surface area contributed by atoms with Crippen LogP contribution in [0.25, 0.3) is 0 Å². The average molecular weight is 947 g/mol. The number of fused-ring (bicyclic) bond motifs is 23. The van der Waals surface area contributed by atoms with Crippen LogP contribution in [0.2, 0.25) is 0 Å². The van der Waals surface area contributed by atoms with E-state index in [-0.39, 0.29) is 0 Å². The van der Waals surface area contributed by atoms with Crippen molar-refractivity contribution in [3.05, 3.63) is 0 Å². The van der Waals surface area contributed by atoms with Crippen LogP contribution in [0.15, 0.2) is 0 Å². The van der Waals surface area contributed by atoms with Crippen molar-refractivity contribution in [1.29, 1.82) is 0 Å². The highest BCUT2D eigenvalue weighted by Gasteiger charge is 2.96. The molecule has 30 aliphatic carbocycles. The fourth-order valence-corrected chi connectivity index (χ4v) is 49.2. The molecule has 370 valence electrons. The minimum absolute atomic E-state index is 1.23. The Bertz CT molecular complexity index is 2790. The Balaban J connectivity index is 0.848. The van der Waals surface area contributed by atoms with Gasteiger partial charge in [-0.25, -0.2) is 0 Å². The summed E-state index contributed by atoms with van der Waals surface area (Å²) >= 11 is 0. The Morgan fingerprint density at radius 2 is 0.236 bits per heavy atom. The van der Waals surface area contributed by atoms with Crippen LogP contribution in [-0.4, -0.2) is 0 Å². The molecule has 58 atom stereocenters. The zero-order valence-corrected chi connectivity index (χ0v) is 42.9. The van der Waals surface area contributed by atoms with Gasteiger partial charge in [0.05, 0.1) is 0 Å². The first kappa shape index (κ1) is 34.2. The Morgan fingerprint density at radius 1 is 0.0972 bits per heavy atom. The lowest BCUT2D eigenvalue weighted by molar-refractivity contribution is -0.375. The summed E-state index contributed by atoms with van der Waals surface area (Å²) in [5.74, 6) is 79.0. The van der Waals surface area contributed by atoms with E-state index >= 15 is 0 Å². The Labute approximate surface area is 428 Å². The maximum Gasteiger partial charge on any atom is -0.0312 e. The van der Waals surface area contributed by atoms with E-state index in [0.717, 1.165) is 0 Å². The first-order valence-electron chi connectivity index (χ1n) is 35.9. The molecule has 0 aromatic carbocycles. The molecule has 0 saturated heterocycles. The number of hydrogen-bond donors (Lipinski definition) is 0. The SMILES string of the molecule is C1CC2C3C4CCC5C6C1C1C7CC8CC9C2C2C%10C9C9C8C8C7C7C1C1C6C6C%11CC%12C%13C%14C%11C%11C6C5C4C4C5C6CC%15C(C%14C6C4%11)C4C6C%11C%14CC%16CC%17C(C%12C1C7C%17C8C%16C9C%14C%10C(C%15%11)C2C35)C6C%134. The quantitative estimate of drug-likeness (QED) is 0.227. The summed E-state index contributed by atoms with van der Waals surface area (Å²) in [7, 11) is 0. The van der Waals surface area contributed by atoms with E-state index < -0.39 is 0 Å². The van der Waals surface area contributed by atoms with Gasteiger partial charge in [-0.2, -0.15) is 0 Å².